The van der Waals surface area contributed by atoms with E-state index in [2.05, 4.69) is 52.4 Å². The number of nitrogens with zero attached hydrogens (tertiary/aromatic N) is 3. The van der Waals surface area contributed by atoms with Gasteiger partial charge in [0.15, 0.2) is 0 Å². The number of carbonyl (C=O) groups excluding carboxylic acids is 2. The van der Waals surface area contributed by atoms with Gasteiger partial charge in [-0.3, -0.25) is 19.4 Å². The molecule has 1 atom stereocenters. The zero-order valence-corrected chi connectivity index (χ0v) is 16.4. The summed E-state index contributed by atoms with van der Waals surface area (Å²) in [5.74, 6) is 0.0295. The van der Waals surface area contributed by atoms with E-state index in [0.717, 1.165) is 45.4 Å². The molecule has 1 aromatic carbocycles. The van der Waals surface area contributed by atoms with Crippen molar-refractivity contribution >= 4 is 11.8 Å². The lowest BCUT2D eigenvalue weighted by atomic mass is 10.0. The summed E-state index contributed by atoms with van der Waals surface area (Å²) in [5, 5.41) is 2.78. The predicted molar refractivity (Wildman–Crippen MR) is 106 cm³/mol. The molecule has 2 fully saturated rings. The second kappa shape index (κ2) is 9.85. The summed E-state index contributed by atoms with van der Waals surface area (Å²) in [6.07, 6.45) is 3.33. The molecule has 0 bridgehead atoms. The van der Waals surface area contributed by atoms with Gasteiger partial charge in [0.05, 0.1) is 13.1 Å². The van der Waals surface area contributed by atoms with Crippen molar-refractivity contribution in [1.29, 1.82) is 0 Å². The molecule has 1 aromatic rings. The molecule has 0 saturated carbocycles. The van der Waals surface area contributed by atoms with Crippen LogP contribution in [0.3, 0.4) is 0 Å². The fourth-order valence-electron chi connectivity index (χ4n) is 4.12. The molecule has 2 amide bonds. The molecule has 2 aliphatic heterocycles. The van der Waals surface area contributed by atoms with Gasteiger partial charge in [-0.05, 0) is 37.9 Å². The molecule has 2 heterocycles. The quantitative estimate of drug-likeness (QED) is 0.784. The molecule has 0 aromatic heterocycles. The van der Waals surface area contributed by atoms with Crippen molar-refractivity contribution in [2.45, 2.75) is 38.8 Å². The van der Waals surface area contributed by atoms with E-state index >= 15 is 0 Å². The topological polar surface area (TPSA) is 55.9 Å². The third-order valence-electron chi connectivity index (χ3n) is 5.49. The Morgan fingerprint density at radius 3 is 2.81 bits per heavy atom. The van der Waals surface area contributed by atoms with Crippen LogP contribution in [0.1, 0.15) is 31.7 Å². The van der Waals surface area contributed by atoms with Crippen LogP contribution in [0.15, 0.2) is 30.3 Å². The number of carbonyl (C=O) groups is 2. The molecule has 1 N–H and O–H groups in total. The molecular weight excluding hydrogens is 340 g/mol. The second-order valence-corrected chi connectivity index (χ2v) is 7.65. The minimum atomic E-state index is -0.0525. The average molecular weight is 373 g/mol. The number of rotatable bonds is 7. The normalized spacial score (nSPS) is 21.3. The first-order chi connectivity index (χ1) is 13.2. The van der Waals surface area contributed by atoms with Crippen molar-refractivity contribution in [3.8, 4) is 0 Å². The second-order valence-electron chi connectivity index (χ2n) is 7.65. The van der Waals surface area contributed by atoms with Gasteiger partial charge in [0.2, 0.25) is 11.8 Å². The van der Waals surface area contributed by atoms with Crippen molar-refractivity contribution in [2.24, 2.45) is 0 Å². The van der Waals surface area contributed by atoms with Gasteiger partial charge in [0, 0.05) is 32.2 Å². The van der Waals surface area contributed by atoms with Crippen LogP contribution in [0.5, 0.6) is 0 Å². The van der Waals surface area contributed by atoms with Crippen LogP contribution in [-0.4, -0.2) is 78.4 Å². The van der Waals surface area contributed by atoms with Gasteiger partial charge in [0.1, 0.15) is 0 Å². The molecule has 1 unspecified atom stereocenters. The van der Waals surface area contributed by atoms with Crippen LogP contribution < -0.4 is 5.32 Å². The molecule has 148 valence electrons. The van der Waals surface area contributed by atoms with Crippen LogP contribution in [0.4, 0.5) is 0 Å². The Labute approximate surface area is 162 Å². The molecule has 0 spiro atoms. The van der Waals surface area contributed by atoms with E-state index in [0.29, 0.717) is 25.7 Å². The number of likely N-dealkylation sites (tertiary alicyclic amines) is 1. The van der Waals surface area contributed by atoms with Crippen LogP contribution in [0.25, 0.3) is 0 Å². The van der Waals surface area contributed by atoms with Crippen LogP contribution >= 0.6 is 0 Å². The SMILES string of the molecule is CCCN(CC(=O)N1CCNC(=O)C1)C1CCCN(Cc2ccccc2)C1. The monoisotopic (exact) mass is 372 g/mol. The molecule has 0 radical (unpaired) electrons. The summed E-state index contributed by atoms with van der Waals surface area (Å²) < 4.78 is 0. The maximum atomic E-state index is 12.7. The van der Waals surface area contributed by atoms with E-state index < -0.39 is 0 Å². The summed E-state index contributed by atoms with van der Waals surface area (Å²) in [6, 6.07) is 11.0. The lowest BCUT2D eigenvalue weighted by molar-refractivity contribution is -0.139. The molecule has 2 aliphatic rings. The van der Waals surface area contributed by atoms with Gasteiger partial charge < -0.3 is 10.2 Å². The van der Waals surface area contributed by atoms with E-state index in [-0.39, 0.29) is 18.4 Å². The Morgan fingerprint density at radius 2 is 2.07 bits per heavy atom. The standard InChI is InChI=1S/C21H32N4O2/c1-2-11-24(17-21(27)25-13-10-22-20(26)16-25)19-9-6-12-23(15-19)14-18-7-4-3-5-8-18/h3-5,7-8,19H,2,6,9-17H2,1H3,(H,22,26). The highest BCUT2D eigenvalue weighted by Gasteiger charge is 2.29. The lowest BCUT2D eigenvalue weighted by Crippen LogP contribution is -2.55. The molecular formula is C21H32N4O2. The van der Waals surface area contributed by atoms with Gasteiger partial charge in [0.25, 0.3) is 0 Å². The number of nitrogens with one attached hydrogen (secondary N) is 1. The van der Waals surface area contributed by atoms with E-state index in [1.807, 2.05) is 0 Å². The molecule has 27 heavy (non-hydrogen) atoms. The number of piperazine rings is 1. The molecule has 6 heteroatoms. The Bertz CT molecular complexity index is 622. The van der Waals surface area contributed by atoms with E-state index in [9.17, 15) is 9.59 Å². The third kappa shape index (κ3) is 5.78. The summed E-state index contributed by atoms with van der Waals surface area (Å²) in [5.41, 5.74) is 1.34. The van der Waals surface area contributed by atoms with Crippen molar-refractivity contribution in [1.82, 2.24) is 20.0 Å². The first kappa shape index (κ1) is 19.8. The largest absolute Gasteiger partial charge is 0.353 e. The van der Waals surface area contributed by atoms with Gasteiger partial charge in [-0.1, -0.05) is 37.3 Å². The minimum Gasteiger partial charge on any atom is -0.353 e. The summed E-state index contributed by atoms with van der Waals surface area (Å²) >= 11 is 0. The van der Waals surface area contributed by atoms with Crippen LogP contribution in [0, 0.1) is 0 Å². The van der Waals surface area contributed by atoms with Crippen molar-refractivity contribution in [2.75, 3.05) is 45.8 Å². The summed E-state index contributed by atoms with van der Waals surface area (Å²) in [7, 11) is 0. The zero-order chi connectivity index (χ0) is 19.1. The van der Waals surface area contributed by atoms with Gasteiger partial charge >= 0.3 is 0 Å². The Balaban J connectivity index is 1.58. The first-order valence-corrected chi connectivity index (χ1v) is 10.2. The highest BCUT2D eigenvalue weighted by Crippen LogP contribution is 2.19. The summed E-state index contributed by atoms with van der Waals surface area (Å²) in [4.78, 5) is 30.9. The number of hydrogen-bond donors (Lipinski definition) is 1. The number of benzene rings is 1. The zero-order valence-electron chi connectivity index (χ0n) is 16.4. The average Bonchev–Trinajstić information content (AvgIpc) is 2.68. The van der Waals surface area contributed by atoms with Crippen molar-refractivity contribution in [3.63, 3.8) is 0 Å². The van der Waals surface area contributed by atoms with Crippen LogP contribution in [-0.2, 0) is 16.1 Å². The Morgan fingerprint density at radius 1 is 1.26 bits per heavy atom. The molecule has 0 aliphatic carbocycles. The maximum Gasteiger partial charge on any atom is 0.239 e. The van der Waals surface area contributed by atoms with Gasteiger partial charge in [-0.15, -0.1) is 0 Å². The fourth-order valence-corrected chi connectivity index (χ4v) is 4.12. The maximum absolute atomic E-state index is 12.7. The fraction of sp³-hybridized carbons (Fsp3) is 0.619. The van der Waals surface area contributed by atoms with Gasteiger partial charge in [-0.25, -0.2) is 0 Å². The van der Waals surface area contributed by atoms with E-state index in [4.69, 9.17) is 0 Å². The Hall–Kier alpha value is -1.92. The first-order valence-electron chi connectivity index (χ1n) is 10.2. The Kier molecular flexibility index (Phi) is 7.24. The smallest absolute Gasteiger partial charge is 0.239 e. The number of piperidine rings is 1. The van der Waals surface area contributed by atoms with E-state index in [1.54, 1.807) is 4.90 Å². The highest BCUT2D eigenvalue weighted by molar-refractivity contribution is 5.86. The molecule has 6 nitrogen and oxygen atoms in total. The molecule has 3 rings (SSSR count). The van der Waals surface area contributed by atoms with Crippen molar-refractivity contribution < 1.29 is 9.59 Å². The lowest BCUT2D eigenvalue weighted by Gasteiger charge is -2.40. The molecule has 2 saturated heterocycles. The number of hydrogen-bond acceptors (Lipinski definition) is 4. The highest BCUT2D eigenvalue weighted by atomic mass is 16.2. The third-order valence-corrected chi connectivity index (χ3v) is 5.49. The number of amides is 2. The van der Waals surface area contributed by atoms with Crippen LogP contribution in [0.2, 0.25) is 0 Å². The van der Waals surface area contributed by atoms with Gasteiger partial charge in [-0.2, -0.15) is 0 Å². The predicted octanol–water partition coefficient (Wildman–Crippen LogP) is 1.32. The van der Waals surface area contributed by atoms with Crippen molar-refractivity contribution in [3.05, 3.63) is 35.9 Å². The summed E-state index contributed by atoms with van der Waals surface area (Å²) in [6.45, 7) is 7.98. The minimum absolute atomic E-state index is 0.0525. The van der Waals surface area contributed by atoms with E-state index in [1.165, 1.54) is 5.56 Å².